The molecule has 0 atom stereocenters. The van der Waals surface area contributed by atoms with Crippen LogP contribution in [0.25, 0.3) is 10.9 Å². The van der Waals surface area contributed by atoms with Gasteiger partial charge in [-0.3, -0.25) is 9.36 Å². The van der Waals surface area contributed by atoms with Crippen LogP contribution in [0.3, 0.4) is 0 Å². The molecule has 3 heterocycles. The van der Waals surface area contributed by atoms with Crippen LogP contribution in [-0.2, 0) is 19.4 Å². The Bertz CT molecular complexity index is 1130. The topological polar surface area (TPSA) is 63.9 Å². The summed E-state index contributed by atoms with van der Waals surface area (Å²) in [6.07, 6.45) is 7.00. The molecule has 0 radical (unpaired) electrons. The molecule has 2 aromatic heterocycles. The number of halogens is 1. The fourth-order valence-corrected chi connectivity index (χ4v) is 4.72. The molecule has 29 heavy (non-hydrogen) atoms. The molecular formula is C22H24FN5O. The number of aromatic nitrogens is 4. The van der Waals surface area contributed by atoms with E-state index in [1.165, 1.54) is 35.9 Å². The van der Waals surface area contributed by atoms with Crippen LogP contribution in [-0.4, -0.2) is 32.6 Å². The summed E-state index contributed by atoms with van der Waals surface area (Å²) in [6, 6.07) is 4.19. The summed E-state index contributed by atoms with van der Waals surface area (Å²) in [5.74, 6) is 1.79. The molecular weight excluding hydrogens is 369 g/mol. The average molecular weight is 393 g/mol. The monoisotopic (exact) mass is 393 g/mol. The van der Waals surface area contributed by atoms with Crippen molar-refractivity contribution in [2.75, 3.05) is 18.0 Å². The number of aryl methyl sites for hydroxylation is 2. The van der Waals surface area contributed by atoms with E-state index >= 15 is 0 Å². The van der Waals surface area contributed by atoms with Gasteiger partial charge in [0, 0.05) is 37.0 Å². The van der Waals surface area contributed by atoms with E-state index in [0.29, 0.717) is 29.2 Å². The van der Waals surface area contributed by atoms with Crippen LogP contribution in [0, 0.1) is 18.7 Å². The Morgan fingerprint density at radius 1 is 1.17 bits per heavy atom. The van der Waals surface area contributed by atoms with Gasteiger partial charge >= 0.3 is 0 Å². The molecule has 6 nitrogen and oxygen atoms in total. The number of benzene rings is 1. The summed E-state index contributed by atoms with van der Waals surface area (Å²) < 4.78 is 15.2. The second-order valence-corrected chi connectivity index (χ2v) is 8.14. The SMILES string of the molecule is Cc1nc2cc(F)ccc2c(=O)n1CC1CCN(c2ncnc3c2CCC3)CC1. The lowest BCUT2D eigenvalue weighted by molar-refractivity contribution is 0.347. The van der Waals surface area contributed by atoms with Crippen molar-refractivity contribution in [1.29, 1.82) is 0 Å². The molecule has 150 valence electrons. The van der Waals surface area contributed by atoms with Gasteiger partial charge in [-0.05, 0) is 57.1 Å². The number of rotatable bonds is 3. The first-order valence-electron chi connectivity index (χ1n) is 10.3. The Morgan fingerprint density at radius 3 is 2.83 bits per heavy atom. The van der Waals surface area contributed by atoms with Gasteiger partial charge in [0.1, 0.15) is 23.8 Å². The number of nitrogens with zero attached hydrogens (tertiary/aromatic N) is 5. The third-order valence-corrected chi connectivity index (χ3v) is 6.32. The van der Waals surface area contributed by atoms with Gasteiger partial charge < -0.3 is 4.90 Å². The molecule has 2 aliphatic rings. The predicted octanol–water partition coefficient (Wildman–Crippen LogP) is 3.04. The average Bonchev–Trinajstić information content (AvgIpc) is 3.20. The van der Waals surface area contributed by atoms with Gasteiger partial charge in [-0.15, -0.1) is 0 Å². The number of piperidine rings is 1. The zero-order valence-electron chi connectivity index (χ0n) is 16.6. The van der Waals surface area contributed by atoms with Crippen LogP contribution in [0.15, 0.2) is 29.3 Å². The highest BCUT2D eigenvalue weighted by atomic mass is 19.1. The molecule has 1 aliphatic heterocycles. The Morgan fingerprint density at radius 2 is 2.00 bits per heavy atom. The quantitative estimate of drug-likeness (QED) is 0.684. The van der Waals surface area contributed by atoms with Crippen LogP contribution in [0.5, 0.6) is 0 Å². The zero-order chi connectivity index (χ0) is 20.0. The third kappa shape index (κ3) is 3.28. The Balaban J connectivity index is 1.33. The van der Waals surface area contributed by atoms with Crippen molar-refractivity contribution in [3.63, 3.8) is 0 Å². The van der Waals surface area contributed by atoms with Crippen molar-refractivity contribution >= 4 is 16.7 Å². The number of fused-ring (bicyclic) bond motifs is 2. The maximum absolute atomic E-state index is 13.5. The predicted molar refractivity (Wildman–Crippen MR) is 110 cm³/mol. The van der Waals surface area contributed by atoms with Crippen LogP contribution in [0.4, 0.5) is 10.2 Å². The lowest BCUT2D eigenvalue weighted by Gasteiger charge is -2.34. The largest absolute Gasteiger partial charge is 0.356 e. The van der Waals surface area contributed by atoms with Crippen LogP contribution in [0.1, 0.15) is 36.3 Å². The first-order chi connectivity index (χ1) is 14.1. The third-order valence-electron chi connectivity index (χ3n) is 6.32. The van der Waals surface area contributed by atoms with Crippen LogP contribution < -0.4 is 10.5 Å². The van der Waals surface area contributed by atoms with Gasteiger partial charge in [-0.25, -0.2) is 19.3 Å². The molecule has 0 amide bonds. The van der Waals surface area contributed by atoms with E-state index in [1.807, 2.05) is 6.92 Å². The molecule has 3 aromatic rings. The second kappa shape index (κ2) is 7.21. The highest BCUT2D eigenvalue weighted by Gasteiger charge is 2.26. The van der Waals surface area contributed by atoms with E-state index in [-0.39, 0.29) is 11.4 Å². The molecule has 1 saturated heterocycles. The zero-order valence-corrected chi connectivity index (χ0v) is 16.6. The molecule has 0 N–H and O–H groups in total. The summed E-state index contributed by atoms with van der Waals surface area (Å²) in [5.41, 5.74) is 2.88. The summed E-state index contributed by atoms with van der Waals surface area (Å²) in [4.78, 5) is 28.8. The molecule has 0 unspecified atom stereocenters. The van der Waals surface area contributed by atoms with Gasteiger partial charge in [0.05, 0.1) is 10.9 Å². The van der Waals surface area contributed by atoms with Gasteiger partial charge in [-0.2, -0.15) is 0 Å². The van der Waals surface area contributed by atoms with E-state index in [2.05, 4.69) is 19.9 Å². The highest BCUT2D eigenvalue weighted by Crippen LogP contribution is 2.31. The van der Waals surface area contributed by atoms with Gasteiger partial charge in [0.15, 0.2) is 0 Å². The van der Waals surface area contributed by atoms with Crippen molar-refractivity contribution in [3.05, 3.63) is 57.8 Å². The van der Waals surface area contributed by atoms with Crippen molar-refractivity contribution in [1.82, 2.24) is 19.5 Å². The molecule has 0 spiro atoms. The van der Waals surface area contributed by atoms with Gasteiger partial charge in [-0.1, -0.05) is 0 Å². The Kier molecular flexibility index (Phi) is 4.53. The van der Waals surface area contributed by atoms with Crippen LogP contribution >= 0.6 is 0 Å². The Labute approximate surface area is 168 Å². The molecule has 1 aliphatic carbocycles. The molecule has 1 fully saturated rings. The lowest BCUT2D eigenvalue weighted by Crippen LogP contribution is -2.38. The van der Waals surface area contributed by atoms with Gasteiger partial charge in [0.25, 0.3) is 5.56 Å². The Hall–Kier alpha value is -2.83. The number of anilines is 1. The molecule has 0 bridgehead atoms. The van der Waals surface area contributed by atoms with Crippen molar-refractivity contribution in [2.24, 2.45) is 5.92 Å². The second-order valence-electron chi connectivity index (χ2n) is 8.14. The number of hydrogen-bond acceptors (Lipinski definition) is 5. The minimum atomic E-state index is -0.370. The minimum Gasteiger partial charge on any atom is -0.356 e. The van der Waals surface area contributed by atoms with E-state index in [0.717, 1.165) is 44.6 Å². The van der Waals surface area contributed by atoms with Crippen molar-refractivity contribution in [3.8, 4) is 0 Å². The lowest BCUT2D eigenvalue weighted by atomic mass is 9.96. The summed E-state index contributed by atoms with van der Waals surface area (Å²) in [6.45, 7) is 4.36. The fraction of sp³-hybridized carbons (Fsp3) is 0.455. The normalized spacial score (nSPS) is 17.1. The summed E-state index contributed by atoms with van der Waals surface area (Å²) in [7, 11) is 0. The van der Waals surface area contributed by atoms with E-state index in [9.17, 15) is 9.18 Å². The first-order valence-corrected chi connectivity index (χ1v) is 10.3. The van der Waals surface area contributed by atoms with Crippen molar-refractivity contribution < 1.29 is 4.39 Å². The van der Waals surface area contributed by atoms with E-state index in [1.54, 1.807) is 10.9 Å². The molecule has 5 rings (SSSR count). The summed E-state index contributed by atoms with van der Waals surface area (Å²) in [5, 5.41) is 0.478. The summed E-state index contributed by atoms with van der Waals surface area (Å²) >= 11 is 0. The van der Waals surface area contributed by atoms with E-state index < -0.39 is 0 Å². The smallest absolute Gasteiger partial charge is 0.261 e. The maximum Gasteiger partial charge on any atom is 0.261 e. The molecule has 1 aromatic carbocycles. The molecule has 7 heteroatoms. The maximum atomic E-state index is 13.5. The van der Waals surface area contributed by atoms with Crippen LogP contribution in [0.2, 0.25) is 0 Å². The first kappa shape index (κ1) is 18.2. The molecule has 0 saturated carbocycles. The fourth-order valence-electron chi connectivity index (χ4n) is 4.72. The van der Waals surface area contributed by atoms with Crippen molar-refractivity contribution in [2.45, 2.75) is 45.6 Å². The standard InChI is InChI=1S/C22H24FN5O/c1-14-26-20-11-16(23)5-6-18(20)22(29)28(14)12-15-7-9-27(10-8-15)21-17-3-2-4-19(17)24-13-25-21/h5-6,11,13,15H,2-4,7-10,12H2,1H3. The highest BCUT2D eigenvalue weighted by molar-refractivity contribution is 5.77. The number of hydrogen-bond donors (Lipinski definition) is 0. The van der Waals surface area contributed by atoms with Gasteiger partial charge in [0.2, 0.25) is 0 Å². The van der Waals surface area contributed by atoms with E-state index in [4.69, 9.17) is 0 Å². The minimum absolute atomic E-state index is 0.0800.